The van der Waals surface area contributed by atoms with Gasteiger partial charge in [-0.1, -0.05) is 53.7 Å². The van der Waals surface area contributed by atoms with Crippen molar-refractivity contribution in [3.63, 3.8) is 0 Å². The minimum Gasteiger partial charge on any atom is -0.481 e. The van der Waals surface area contributed by atoms with E-state index in [4.69, 9.17) is 9.47 Å². The van der Waals surface area contributed by atoms with E-state index >= 15 is 0 Å². The second-order valence-electron chi connectivity index (χ2n) is 8.56. The van der Waals surface area contributed by atoms with E-state index in [0.29, 0.717) is 12.3 Å². The molecule has 1 aliphatic heterocycles. The van der Waals surface area contributed by atoms with Gasteiger partial charge in [0.05, 0.1) is 12.6 Å². The van der Waals surface area contributed by atoms with E-state index in [1.165, 1.54) is 18.6 Å². The molecular formula is C33H54FN3O3. The maximum atomic E-state index is 12.7. The molecule has 0 bridgehead atoms. The Kier molecular flexibility index (Phi) is 22.2. The molecule has 1 aliphatic rings. The number of hydrogen-bond donors (Lipinski definition) is 0. The van der Waals surface area contributed by atoms with Gasteiger partial charge in [0.15, 0.2) is 0 Å². The predicted molar refractivity (Wildman–Crippen MR) is 167 cm³/mol. The molecule has 0 radical (unpaired) electrons. The van der Waals surface area contributed by atoms with Gasteiger partial charge in [0.1, 0.15) is 5.82 Å². The Labute approximate surface area is 242 Å². The number of benzene rings is 1. The summed E-state index contributed by atoms with van der Waals surface area (Å²) >= 11 is 0. The normalized spacial score (nSPS) is 11.9. The zero-order valence-electron chi connectivity index (χ0n) is 26.3. The molecule has 3 heterocycles. The molecule has 1 amide bonds. The smallest absolute Gasteiger partial charge is 0.222 e. The number of likely N-dealkylation sites (tertiary alicyclic amines) is 1. The summed E-state index contributed by atoms with van der Waals surface area (Å²) in [6, 6.07) is 10.6. The summed E-state index contributed by atoms with van der Waals surface area (Å²) in [4.78, 5) is 18.1. The van der Waals surface area contributed by atoms with E-state index in [2.05, 4.69) is 21.8 Å². The minimum atomic E-state index is -0.205. The van der Waals surface area contributed by atoms with Crippen LogP contribution in [-0.4, -0.2) is 54.3 Å². The van der Waals surface area contributed by atoms with E-state index in [-0.39, 0.29) is 11.7 Å². The van der Waals surface area contributed by atoms with Gasteiger partial charge < -0.3 is 18.9 Å². The first-order valence-corrected chi connectivity index (χ1v) is 15.1. The number of piperidine rings is 1. The van der Waals surface area contributed by atoms with Crippen LogP contribution in [0.1, 0.15) is 85.6 Å². The number of pyridine rings is 1. The Bertz CT molecular complexity index is 1020. The van der Waals surface area contributed by atoms with E-state index in [0.717, 1.165) is 74.8 Å². The van der Waals surface area contributed by atoms with Gasteiger partial charge in [0, 0.05) is 63.6 Å². The van der Waals surface area contributed by atoms with Crippen LogP contribution < -0.4 is 4.74 Å². The Morgan fingerprint density at radius 2 is 1.57 bits per heavy atom. The average Bonchev–Trinajstić information content (AvgIpc) is 3.44. The van der Waals surface area contributed by atoms with Crippen molar-refractivity contribution in [1.29, 1.82) is 0 Å². The minimum absolute atomic E-state index is 0.205. The van der Waals surface area contributed by atoms with Crippen molar-refractivity contribution >= 4 is 16.8 Å². The zero-order valence-corrected chi connectivity index (χ0v) is 26.3. The maximum absolute atomic E-state index is 12.7. The van der Waals surface area contributed by atoms with Crippen LogP contribution in [0.15, 0.2) is 48.8 Å². The molecule has 2 aromatic heterocycles. The molecule has 3 aromatic rings. The van der Waals surface area contributed by atoms with Gasteiger partial charge in [-0.05, 0) is 62.3 Å². The third-order valence-electron chi connectivity index (χ3n) is 6.07. The number of hydrogen-bond acceptors (Lipinski definition) is 4. The molecule has 1 fully saturated rings. The molecule has 0 saturated carbocycles. The molecule has 0 unspecified atom stereocenters. The highest BCUT2D eigenvalue weighted by molar-refractivity contribution is 5.80. The van der Waals surface area contributed by atoms with Crippen LogP contribution >= 0.6 is 0 Å². The number of carbonyl (C=O) groups is 1. The lowest BCUT2D eigenvalue weighted by molar-refractivity contribution is -0.132. The number of aryl methyl sites for hydroxylation is 2. The van der Waals surface area contributed by atoms with Gasteiger partial charge in [-0.15, -0.1) is 0 Å². The Morgan fingerprint density at radius 3 is 2.17 bits per heavy atom. The lowest BCUT2D eigenvalue weighted by Gasteiger charge is -2.26. The van der Waals surface area contributed by atoms with Crippen LogP contribution in [0.5, 0.6) is 5.88 Å². The summed E-state index contributed by atoms with van der Waals surface area (Å²) in [7, 11) is 3.35. The number of ether oxygens (including phenoxy) is 2. The van der Waals surface area contributed by atoms with Crippen molar-refractivity contribution in [2.75, 3.05) is 33.9 Å². The van der Waals surface area contributed by atoms with Gasteiger partial charge in [-0.2, -0.15) is 0 Å². The number of aromatic nitrogens is 2. The van der Waals surface area contributed by atoms with Crippen molar-refractivity contribution in [2.24, 2.45) is 0 Å². The lowest BCUT2D eigenvalue weighted by atomic mass is 10.1. The number of halogens is 1. The SMILES string of the molecule is CC.CC.CC.COCCCn1ccc2cnc(OC)cc21.O=C(CCCc1ccc(F)cc1)N1CCCCC1. The van der Waals surface area contributed by atoms with Gasteiger partial charge in [0.2, 0.25) is 11.8 Å². The molecule has 6 nitrogen and oxygen atoms in total. The second-order valence-corrected chi connectivity index (χ2v) is 8.56. The maximum Gasteiger partial charge on any atom is 0.222 e. The molecule has 0 atom stereocenters. The topological polar surface area (TPSA) is 56.6 Å². The molecular weight excluding hydrogens is 505 g/mol. The van der Waals surface area contributed by atoms with Crippen LogP contribution in [0.25, 0.3) is 10.9 Å². The Morgan fingerprint density at radius 1 is 0.925 bits per heavy atom. The van der Waals surface area contributed by atoms with Crippen LogP contribution in [0.3, 0.4) is 0 Å². The van der Waals surface area contributed by atoms with Gasteiger partial charge in [-0.3, -0.25) is 4.79 Å². The summed E-state index contributed by atoms with van der Waals surface area (Å²) in [5, 5.41) is 1.14. The van der Waals surface area contributed by atoms with Crippen molar-refractivity contribution in [1.82, 2.24) is 14.5 Å². The quantitative estimate of drug-likeness (QED) is 0.247. The third-order valence-corrected chi connectivity index (χ3v) is 6.07. The first-order valence-electron chi connectivity index (χ1n) is 15.1. The Balaban J connectivity index is 0.000000644. The molecule has 1 aromatic carbocycles. The summed E-state index contributed by atoms with van der Waals surface area (Å²) in [5.41, 5.74) is 2.26. The van der Waals surface area contributed by atoms with Gasteiger partial charge in [0.25, 0.3) is 0 Å². The molecule has 1 saturated heterocycles. The highest BCUT2D eigenvalue weighted by Gasteiger charge is 2.15. The van der Waals surface area contributed by atoms with Crippen LogP contribution in [0.2, 0.25) is 0 Å². The second kappa shape index (κ2) is 23.9. The van der Waals surface area contributed by atoms with E-state index < -0.39 is 0 Å². The number of carbonyl (C=O) groups excluding carboxylic acids is 1. The fraction of sp³-hybridized carbons (Fsp3) is 0.576. The first-order chi connectivity index (χ1) is 19.6. The molecule has 226 valence electrons. The van der Waals surface area contributed by atoms with Crippen LogP contribution in [0, 0.1) is 5.82 Å². The summed E-state index contributed by atoms with van der Waals surface area (Å²) in [6.45, 7) is 15.6. The third kappa shape index (κ3) is 13.9. The fourth-order valence-corrected chi connectivity index (χ4v) is 4.15. The van der Waals surface area contributed by atoms with E-state index in [1.54, 1.807) is 26.4 Å². The highest BCUT2D eigenvalue weighted by atomic mass is 19.1. The van der Waals surface area contributed by atoms with Crippen molar-refractivity contribution in [3.05, 3.63) is 60.2 Å². The first kappa shape index (κ1) is 37.1. The predicted octanol–water partition coefficient (Wildman–Crippen LogP) is 8.32. The van der Waals surface area contributed by atoms with Gasteiger partial charge in [-0.25, -0.2) is 9.37 Å². The zero-order chi connectivity index (χ0) is 30.2. The lowest BCUT2D eigenvalue weighted by Crippen LogP contribution is -2.35. The van der Waals surface area contributed by atoms with Crippen molar-refractivity contribution in [3.8, 4) is 5.88 Å². The van der Waals surface area contributed by atoms with Crippen molar-refractivity contribution in [2.45, 2.75) is 93.0 Å². The molecule has 0 aliphatic carbocycles. The molecule has 0 spiro atoms. The highest BCUT2D eigenvalue weighted by Crippen LogP contribution is 2.19. The number of methoxy groups -OCH3 is 2. The number of nitrogens with zero attached hydrogens (tertiary/aromatic N) is 3. The average molecular weight is 560 g/mol. The standard InChI is InChI=1S/C15H20FNO.C12H16N2O2.3C2H6/c16-14-9-7-13(8-10-14)5-4-6-15(18)17-11-2-1-3-12-17;1-15-7-3-5-14-6-4-10-9-13-12(16-2)8-11(10)14;3*1-2/h7-10H,1-6,11-12H2;4,6,8-9H,3,5,7H2,1-2H3;3*1-2H3. The molecule has 0 N–H and O–H groups in total. The van der Waals surface area contributed by atoms with E-state index in [9.17, 15) is 9.18 Å². The molecule has 4 rings (SSSR count). The molecule has 40 heavy (non-hydrogen) atoms. The summed E-state index contributed by atoms with van der Waals surface area (Å²) in [6.07, 6.45) is 10.7. The summed E-state index contributed by atoms with van der Waals surface area (Å²) in [5.74, 6) is 0.721. The Hall–Kier alpha value is -2.93. The largest absolute Gasteiger partial charge is 0.481 e. The van der Waals surface area contributed by atoms with Gasteiger partial charge >= 0.3 is 0 Å². The number of fused-ring (bicyclic) bond motifs is 1. The summed E-state index contributed by atoms with van der Waals surface area (Å²) < 4.78 is 25.1. The van der Waals surface area contributed by atoms with E-state index in [1.807, 2.05) is 58.7 Å². The monoisotopic (exact) mass is 559 g/mol. The van der Waals surface area contributed by atoms with Crippen molar-refractivity contribution < 1.29 is 18.7 Å². The molecule has 7 heteroatoms. The van der Waals surface area contributed by atoms with Crippen LogP contribution in [0.4, 0.5) is 4.39 Å². The van der Waals surface area contributed by atoms with Crippen LogP contribution in [-0.2, 0) is 22.5 Å². The fourth-order valence-electron chi connectivity index (χ4n) is 4.15. The number of rotatable bonds is 9. The number of amides is 1.